The van der Waals surface area contributed by atoms with Crippen molar-refractivity contribution in [3.63, 3.8) is 0 Å². The number of hydrogen-bond acceptors (Lipinski definition) is 3. The number of nitrogens with zero attached hydrogens (tertiary/aromatic N) is 1. The summed E-state index contributed by atoms with van der Waals surface area (Å²) in [4.78, 5) is 16.4. The molecule has 21 heavy (non-hydrogen) atoms. The van der Waals surface area contributed by atoms with Crippen molar-refractivity contribution in [2.75, 3.05) is 0 Å². The van der Waals surface area contributed by atoms with Gasteiger partial charge in [-0.3, -0.25) is 4.79 Å². The Morgan fingerprint density at radius 2 is 1.95 bits per heavy atom. The molecule has 1 N–H and O–H groups in total. The molecule has 1 amide bonds. The zero-order valence-electron chi connectivity index (χ0n) is 13.0. The quantitative estimate of drug-likeness (QED) is 0.892. The molecule has 2 aromatic rings. The average molecular weight is 302 g/mol. The maximum atomic E-state index is 11.9. The minimum Gasteiger partial charge on any atom is -0.349 e. The second-order valence-corrected chi connectivity index (χ2v) is 6.48. The average Bonchev–Trinajstić information content (AvgIpc) is 2.93. The summed E-state index contributed by atoms with van der Waals surface area (Å²) in [5.41, 5.74) is 3.24. The monoisotopic (exact) mass is 302 g/mol. The van der Waals surface area contributed by atoms with Gasteiger partial charge in [-0.15, -0.1) is 11.3 Å². The van der Waals surface area contributed by atoms with Crippen LogP contribution in [0.25, 0.3) is 11.3 Å². The summed E-state index contributed by atoms with van der Waals surface area (Å²) in [6.45, 7) is 8.01. The topological polar surface area (TPSA) is 42.0 Å². The molecule has 2 atom stereocenters. The zero-order chi connectivity index (χ0) is 15.4. The summed E-state index contributed by atoms with van der Waals surface area (Å²) in [7, 11) is 0. The molecule has 0 fully saturated rings. The van der Waals surface area contributed by atoms with Gasteiger partial charge in [0.15, 0.2) is 0 Å². The van der Waals surface area contributed by atoms with Gasteiger partial charge in [0.25, 0.3) is 0 Å². The van der Waals surface area contributed by atoms with Crippen LogP contribution in [0.15, 0.2) is 29.6 Å². The SMILES string of the molecule is CC[C@H](C)C(=O)N[C@@H](C)c1ccc(-c2csc(C)n2)cc1. The van der Waals surface area contributed by atoms with E-state index >= 15 is 0 Å². The van der Waals surface area contributed by atoms with E-state index in [0.29, 0.717) is 0 Å². The van der Waals surface area contributed by atoms with Crippen LogP contribution in [-0.2, 0) is 4.79 Å². The van der Waals surface area contributed by atoms with Crippen LogP contribution in [0.4, 0.5) is 0 Å². The first kappa shape index (κ1) is 15.7. The van der Waals surface area contributed by atoms with Crippen molar-refractivity contribution in [3.05, 3.63) is 40.2 Å². The van der Waals surface area contributed by atoms with Crippen LogP contribution >= 0.6 is 11.3 Å². The van der Waals surface area contributed by atoms with Crippen molar-refractivity contribution >= 4 is 17.2 Å². The van der Waals surface area contributed by atoms with Crippen LogP contribution in [0.3, 0.4) is 0 Å². The van der Waals surface area contributed by atoms with Crippen molar-refractivity contribution < 1.29 is 4.79 Å². The van der Waals surface area contributed by atoms with E-state index in [9.17, 15) is 4.79 Å². The van der Waals surface area contributed by atoms with Crippen LogP contribution in [0, 0.1) is 12.8 Å². The third-order valence-corrected chi connectivity index (χ3v) is 4.52. The maximum absolute atomic E-state index is 11.9. The summed E-state index contributed by atoms with van der Waals surface area (Å²) < 4.78 is 0. The number of nitrogens with one attached hydrogen (secondary N) is 1. The molecule has 0 saturated carbocycles. The van der Waals surface area contributed by atoms with Crippen LogP contribution < -0.4 is 5.32 Å². The predicted octanol–water partition coefficient (Wildman–Crippen LogP) is 4.34. The number of benzene rings is 1. The van der Waals surface area contributed by atoms with E-state index in [1.54, 1.807) is 11.3 Å². The number of aryl methyl sites for hydroxylation is 1. The molecule has 0 saturated heterocycles. The van der Waals surface area contributed by atoms with Gasteiger partial charge in [-0.25, -0.2) is 4.98 Å². The third-order valence-electron chi connectivity index (χ3n) is 3.74. The van der Waals surface area contributed by atoms with Gasteiger partial charge < -0.3 is 5.32 Å². The fraction of sp³-hybridized carbons (Fsp3) is 0.412. The van der Waals surface area contributed by atoms with Gasteiger partial charge in [0.05, 0.1) is 16.7 Å². The Labute approximate surface area is 130 Å². The molecule has 0 unspecified atom stereocenters. The van der Waals surface area contributed by atoms with Gasteiger partial charge in [-0.2, -0.15) is 0 Å². The number of amides is 1. The lowest BCUT2D eigenvalue weighted by atomic mass is 10.0. The molecule has 2 rings (SSSR count). The van der Waals surface area contributed by atoms with Crippen molar-refractivity contribution in [3.8, 4) is 11.3 Å². The van der Waals surface area contributed by atoms with E-state index < -0.39 is 0 Å². The van der Waals surface area contributed by atoms with Crippen LogP contribution in [0.1, 0.15) is 43.8 Å². The van der Waals surface area contributed by atoms with Gasteiger partial charge in [0.1, 0.15) is 0 Å². The van der Waals surface area contributed by atoms with Crippen LogP contribution in [0.5, 0.6) is 0 Å². The fourth-order valence-electron chi connectivity index (χ4n) is 2.06. The first-order valence-corrected chi connectivity index (χ1v) is 8.22. The van der Waals surface area contributed by atoms with E-state index in [2.05, 4.69) is 39.9 Å². The van der Waals surface area contributed by atoms with E-state index in [-0.39, 0.29) is 17.9 Å². The number of aromatic nitrogens is 1. The van der Waals surface area contributed by atoms with E-state index in [1.165, 1.54) is 0 Å². The zero-order valence-corrected chi connectivity index (χ0v) is 13.8. The number of hydrogen-bond donors (Lipinski definition) is 1. The van der Waals surface area contributed by atoms with Gasteiger partial charge in [-0.05, 0) is 25.8 Å². The highest BCUT2D eigenvalue weighted by molar-refractivity contribution is 7.09. The predicted molar refractivity (Wildman–Crippen MR) is 88.3 cm³/mol. The second-order valence-electron chi connectivity index (χ2n) is 5.41. The van der Waals surface area contributed by atoms with Gasteiger partial charge in [0, 0.05) is 16.9 Å². The minimum absolute atomic E-state index is 0.0257. The number of carbonyl (C=O) groups excluding carboxylic acids is 1. The Morgan fingerprint density at radius 3 is 2.48 bits per heavy atom. The van der Waals surface area contributed by atoms with E-state index in [4.69, 9.17) is 0 Å². The lowest BCUT2D eigenvalue weighted by Gasteiger charge is -2.17. The molecule has 0 aliphatic heterocycles. The lowest BCUT2D eigenvalue weighted by Crippen LogP contribution is -2.31. The summed E-state index contributed by atoms with van der Waals surface area (Å²) >= 11 is 1.66. The molecule has 0 spiro atoms. The molecular formula is C17H22N2OS. The van der Waals surface area contributed by atoms with Crippen LogP contribution in [-0.4, -0.2) is 10.9 Å². The van der Waals surface area contributed by atoms with E-state index in [1.807, 2.05) is 27.7 Å². The number of thiazole rings is 1. The highest BCUT2D eigenvalue weighted by Gasteiger charge is 2.14. The first-order valence-electron chi connectivity index (χ1n) is 7.34. The first-order chi connectivity index (χ1) is 10.0. The number of carbonyl (C=O) groups is 1. The summed E-state index contributed by atoms with van der Waals surface area (Å²) in [5, 5.41) is 6.20. The summed E-state index contributed by atoms with van der Waals surface area (Å²) in [6, 6.07) is 8.28. The van der Waals surface area contributed by atoms with Crippen molar-refractivity contribution in [1.82, 2.24) is 10.3 Å². The normalized spacial score (nSPS) is 13.7. The lowest BCUT2D eigenvalue weighted by molar-refractivity contribution is -0.125. The Kier molecular flexibility index (Phi) is 5.12. The molecule has 4 heteroatoms. The van der Waals surface area contributed by atoms with Crippen LogP contribution in [0.2, 0.25) is 0 Å². The smallest absolute Gasteiger partial charge is 0.223 e. The Morgan fingerprint density at radius 1 is 1.29 bits per heavy atom. The minimum atomic E-state index is 0.0257. The Hall–Kier alpha value is -1.68. The molecule has 0 radical (unpaired) electrons. The number of rotatable bonds is 5. The van der Waals surface area contributed by atoms with Crippen molar-refractivity contribution in [2.45, 2.75) is 40.2 Å². The Balaban J connectivity index is 2.06. The highest BCUT2D eigenvalue weighted by Crippen LogP contribution is 2.23. The van der Waals surface area contributed by atoms with E-state index in [0.717, 1.165) is 28.2 Å². The second kappa shape index (κ2) is 6.85. The molecule has 1 aromatic carbocycles. The molecule has 0 aliphatic carbocycles. The van der Waals surface area contributed by atoms with Crippen molar-refractivity contribution in [2.24, 2.45) is 5.92 Å². The standard InChI is InChI=1S/C17H22N2OS/c1-5-11(2)17(20)18-12(3)14-6-8-15(9-7-14)16-10-21-13(4)19-16/h6-12H,5H2,1-4H3,(H,18,20)/t11-,12-/m0/s1. The molecule has 3 nitrogen and oxygen atoms in total. The molecule has 1 aromatic heterocycles. The fourth-order valence-corrected chi connectivity index (χ4v) is 2.68. The Bertz CT molecular complexity index is 604. The van der Waals surface area contributed by atoms with Crippen molar-refractivity contribution in [1.29, 1.82) is 0 Å². The largest absolute Gasteiger partial charge is 0.349 e. The molecule has 1 heterocycles. The molecule has 0 aliphatic rings. The molecule has 0 bridgehead atoms. The van der Waals surface area contributed by atoms with Gasteiger partial charge >= 0.3 is 0 Å². The highest BCUT2D eigenvalue weighted by atomic mass is 32.1. The summed E-state index contributed by atoms with van der Waals surface area (Å²) in [5.74, 6) is 0.175. The maximum Gasteiger partial charge on any atom is 0.223 e. The van der Waals surface area contributed by atoms with Gasteiger partial charge in [-0.1, -0.05) is 38.1 Å². The van der Waals surface area contributed by atoms with Gasteiger partial charge in [0.2, 0.25) is 5.91 Å². The molecular weight excluding hydrogens is 280 g/mol. The third kappa shape index (κ3) is 3.91. The molecule has 112 valence electrons. The summed E-state index contributed by atoms with van der Waals surface area (Å²) in [6.07, 6.45) is 0.862.